The summed E-state index contributed by atoms with van der Waals surface area (Å²) in [6, 6.07) is 0. The van der Waals surface area contributed by atoms with Crippen LogP contribution in [0.2, 0.25) is 0 Å². The third kappa shape index (κ3) is 1.95. The largest absolute Gasteiger partial charge is 0.388 e. The van der Waals surface area contributed by atoms with Gasteiger partial charge in [-0.05, 0) is 13.8 Å². The number of likely N-dealkylation sites (tertiary alicyclic amines) is 1. The summed E-state index contributed by atoms with van der Waals surface area (Å²) in [5, 5.41) is 19.6. The number of rotatable bonds is 1. The molecule has 1 aliphatic heterocycles. The first kappa shape index (κ1) is 11.5. The Morgan fingerprint density at radius 1 is 1.38 bits per heavy atom. The molecule has 2 N–H and O–H groups in total. The molecule has 2 rings (SSSR count). The number of nitrogens with zero attached hydrogens (tertiary/aromatic N) is 2. The van der Waals surface area contributed by atoms with Gasteiger partial charge in [0.15, 0.2) is 0 Å². The summed E-state index contributed by atoms with van der Waals surface area (Å²) in [5.74, 6) is -0.154. The van der Waals surface area contributed by atoms with Gasteiger partial charge < -0.3 is 15.1 Å². The molecule has 2 heterocycles. The number of aromatic nitrogens is 1. The molecule has 1 fully saturated rings. The monoisotopic (exact) mass is 242 g/mol. The van der Waals surface area contributed by atoms with E-state index in [-0.39, 0.29) is 19.0 Å². The third-order valence-electron chi connectivity index (χ3n) is 2.64. The van der Waals surface area contributed by atoms with Gasteiger partial charge >= 0.3 is 0 Å². The molecule has 1 aromatic rings. The Labute approximate surface area is 97.4 Å². The van der Waals surface area contributed by atoms with Crippen molar-refractivity contribution in [1.82, 2.24) is 9.88 Å². The first-order valence-corrected chi connectivity index (χ1v) is 5.90. The molecule has 0 spiro atoms. The summed E-state index contributed by atoms with van der Waals surface area (Å²) < 4.78 is 0. The maximum absolute atomic E-state index is 12.0. The minimum absolute atomic E-state index is 0.154. The fourth-order valence-corrected chi connectivity index (χ4v) is 2.70. The number of hydrogen-bond acceptors (Lipinski definition) is 5. The molecular formula is C10H14N2O3S. The predicted octanol–water partition coefficient (Wildman–Crippen LogP) is -0.0625. The van der Waals surface area contributed by atoms with Gasteiger partial charge in [0, 0.05) is 13.1 Å². The Morgan fingerprint density at radius 3 is 2.38 bits per heavy atom. The molecule has 0 unspecified atom stereocenters. The Bertz CT molecular complexity index is 408. The normalized spacial score (nSPS) is 25.1. The molecule has 1 aromatic heterocycles. The smallest absolute Gasteiger partial charge is 0.266 e. The highest BCUT2D eigenvalue weighted by atomic mass is 32.1. The lowest BCUT2D eigenvalue weighted by Gasteiger charge is -2.14. The summed E-state index contributed by atoms with van der Waals surface area (Å²) in [5.41, 5.74) is 0.711. The molecule has 1 saturated heterocycles. The number of aliphatic hydroxyl groups is 2. The van der Waals surface area contributed by atoms with Crippen LogP contribution in [0.5, 0.6) is 0 Å². The zero-order valence-corrected chi connectivity index (χ0v) is 9.99. The van der Waals surface area contributed by atoms with Crippen molar-refractivity contribution in [3.63, 3.8) is 0 Å². The average Bonchev–Trinajstić information content (AvgIpc) is 2.70. The number of aryl methyl sites for hydroxylation is 2. The van der Waals surface area contributed by atoms with Crippen LogP contribution < -0.4 is 0 Å². The molecule has 0 aromatic carbocycles. The van der Waals surface area contributed by atoms with Crippen molar-refractivity contribution in [2.75, 3.05) is 13.1 Å². The van der Waals surface area contributed by atoms with Crippen molar-refractivity contribution in [3.8, 4) is 0 Å². The van der Waals surface area contributed by atoms with Crippen molar-refractivity contribution >= 4 is 17.2 Å². The van der Waals surface area contributed by atoms with Crippen LogP contribution in [0, 0.1) is 13.8 Å². The van der Waals surface area contributed by atoms with Gasteiger partial charge in [-0.1, -0.05) is 0 Å². The number of hydrogen-bond donors (Lipinski definition) is 2. The molecule has 0 aliphatic carbocycles. The highest BCUT2D eigenvalue weighted by Crippen LogP contribution is 2.21. The number of β-amino-alcohol motifs (C(OH)–C–C–N with tert-alkyl or cyclic N) is 2. The van der Waals surface area contributed by atoms with Crippen molar-refractivity contribution in [2.45, 2.75) is 26.1 Å². The molecule has 2 atom stereocenters. The third-order valence-corrected chi connectivity index (χ3v) is 3.70. The van der Waals surface area contributed by atoms with Crippen molar-refractivity contribution in [2.24, 2.45) is 0 Å². The number of aliphatic hydroxyl groups excluding tert-OH is 2. The van der Waals surface area contributed by atoms with E-state index in [1.807, 2.05) is 6.92 Å². The maximum atomic E-state index is 12.0. The topological polar surface area (TPSA) is 73.7 Å². The maximum Gasteiger partial charge on any atom is 0.266 e. The molecule has 1 amide bonds. The lowest BCUT2D eigenvalue weighted by molar-refractivity contribution is 0.0572. The van der Waals surface area contributed by atoms with E-state index in [1.165, 1.54) is 16.2 Å². The van der Waals surface area contributed by atoms with E-state index in [4.69, 9.17) is 0 Å². The Balaban J connectivity index is 2.17. The quantitative estimate of drug-likeness (QED) is 0.723. The molecule has 0 radical (unpaired) electrons. The van der Waals surface area contributed by atoms with E-state index >= 15 is 0 Å². The minimum atomic E-state index is -0.835. The second-order valence-corrected chi connectivity index (χ2v) is 5.20. The average molecular weight is 242 g/mol. The van der Waals surface area contributed by atoms with Crippen LogP contribution in [-0.4, -0.2) is 51.3 Å². The van der Waals surface area contributed by atoms with Gasteiger partial charge in [0.1, 0.15) is 4.88 Å². The lowest BCUT2D eigenvalue weighted by atomic mass is 10.3. The van der Waals surface area contributed by atoms with E-state index in [0.717, 1.165) is 5.01 Å². The highest BCUT2D eigenvalue weighted by molar-refractivity contribution is 7.13. The van der Waals surface area contributed by atoms with E-state index in [1.54, 1.807) is 6.92 Å². The summed E-state index contributed by atoms with van der Waals surface area (Å²) >= 11 is 1.35. The predicted molar refractivity (Wildman–Crippen MR) is 59.5 cm³/mol. The van der Waals surface area contributed by atoms with Crippen LogP contribution in [0.4, 0.5) is 0 Å². The van der Waals surface area contributed by atoms with E-state index in [0.29, 0.717) is 10.6 Å². The summed E-state index contributed by atoms with van der Waals surface area (Å²) in [4.78, 5) is 18.3. The molecular weight excluding hydrogens is 228 g/mol. The van der Waals surface area contributed by atoms with Crippen molar-refractivity contribution in [3.05, 3.63) is 15.6 Å². The highest BCUT2D eigenvalue weighted by Gasteiger charge is 2.34. The minimum Gasteiger partial charge on any atom is -0.388 e. The van der Waals surface area contributed by atoms with Gasteiger partial charge in [0.05, 0.1) is 22.9 Å². The van der Waals surface area contributed by atoms with E-state index < -0.39 is 12.2 Å². The Kier molecular flexibility index (Phi) is 2.96. The molecule has 5 nitrogen and oxygen atoms in total. The summed E-state index contributed by atoms with van der Waals surface area (Å²) in [7, 11) is 0. The molecule has 88 valence electrons. The molecule has 6 heteroatoms. The van der Waals surface area contributed by atoms with Crippen LogP contribution in [0.3, 0.4) is 0 Å². The van der Waals surface area contributed by atoms with Gasteiger partial charge in [0.2, 0.25) is 0 Å². The van der Waals surface area contributed by atoms with Gasteiger partial charge in [-0.2, -0.15) is 0 Å². The summed E-state index contributed by atoms with van der Waals surface area (Å²) in [6.45, 7) is 4.02. The molecule has 0 saturated carbocycles. The lowest BCUT2D eigenvalue weighted by Crippen LogP contribution is -2.29. The van der Waals surface area contributed by atoms with Gasteiger partial charge in [-0.25, -0.2) is 4.98 Å². The van der Waals surface area contributed by atoms with Crippen LogP contribution >= 0.6 is 11.3 Å². The summed E-state index contributed by atoms with van der Waals surface area (Å²) in [6.07, 6.45) is -1.67. The van der Waals surface area contributed by atoms with Gasteiger partial charge in [0.25, 0.3) is 5.91 Å². The molecule has 16 heavy (non-hydrogen) atoms. The zero-order chi connectivity index (χ0) is 11.9. The number of carbonyl (C=O) groups excluding carboxylic acids is 1. The number of thiazole rings is 1. The molecule has 1 aliphatic rings. The van der Waals surface area contributed by atoms with E-state index in [9.17, 15) is 15.0 Å². The van der Waals surface area contributed by atoms with Crippen LogP contribution in [0.1, 0.15) is 20.4 Å². The van der Waals surface area contributed by atoms with Gasteiger partial charge in [-0.3, -0.25) is 4.79 Å². The Morgan fingerprint density at radius 2 is 1.94 bits per heavy atom. The number of carbonyl (C=O) groups is 1. The fraction of sp³-hybridized carbons (Fsp3) is 0.600. The number of amides is 1. The van der Waals surface area contributed by atoms with E-state index in [2.05, 4.69) is 4.98 Å². The molecule has 0 bridgehead atoms. The Hall–Kier alpha value is -0.980. The SMILES string of the molecule is Cc1nc(C)c(C(=O)N2C[C@@H](O)[C@@H](O)C2)s1. The fourth-order valence-electron chi connectivity index (χ4n) is 1.81. The van der Waals surface area contributed by atoms with Crippen LogP contribution in [0.25, 0.3) is 0 Å². The second-order valence-electron chi connectivity index (χ2n) is 3.99. The van der Waals surface area contributed by atoms with Crippen molar-refractivity contribution < 1.29 is 15.0 Å². The zero-order valence-electron chi connectivity index (χ0n) is 9.17. The first-order chi connectivity index (χ1) is 7.49. The van der Waals surface area contributed by atoms with Crippen LogP contribution in [-0.2, 0) is 0 Å². The first-order valence-electron chi connectivity index (χ1n) is 5.08. The standard InChI is InChI=1S/C10H14N2O3S/c1-5-9(16-6(2)11-5)10(15)12-3-7(13)8(14)4-12/h7-8,13-14H,3-4H2,1-2H3/t7-,8+. The second kappa shape index (κ2) is 4.12. The van der Waals surface area contributed by atoms with Gasteiger partial charge in [-0.15, -0.1) is 11.3 Å². The van der Waals surface area contributed by atoms with Crippen molar-refractivity contribution in [1.29, 1.82) is 0 Å². The van der Waals surface area contributed by atoms with Crippen LogP contribution in [0.15, 0.2) is 0 Å².